The highest BCUT2D eigenvalue weighted by molar-refractivity contribution is 5.41. The summed E-state index contributed by atoms with van der Waals surface area (Å²) in [5.41, 5.74) is 0. The van der Waals surface area contributed by atoms with Gasteiger partial charge in [0, 0.05) is 0 Å². The molecule has 0 aromatic heterocycles. The molecule has 0 bridgehead atoms. The Kier molecular flexibility index (Phi) is 5.06. The van der Waals surface area contributed by atoms with Gasteiger partial charge in [-0.1, -0.05) is 18.7 Å². The smallest absolute Gasteiger partial charge is 0.298 e. The lowest BCUT2D eigenvalue weighted by atomic mass is 10.4. The van der Waals surface area contributed by atoms with E-state index in [0.717, 1.165) is 0 Å². The van der Waals surface area contributed by atoms with Crippen LogP contribution in [0.25, 0.3) is 0 Å². The van der Waals surface area contributed by atoms with Gasteiger partial charge in [0.25, 0.3) is 6.47 Å². The van der Waals surface area contributed by atoms with E-state index in [1.165, 1.54) is 0 Å². The van der Waals surface area contributed by atoms with Gasteiger partial charge >= 0.3 is 0 Å². The summed E-state index contributed by atoms with van der Waals surface area (Å²) >= 11 is 0. The second kappa shape index (κ2) is 5.82. The second-order valence-electron chi connectivity index (χ2n) is 1.50. The van der Waals surface area contributed by atoms with Gasteiger partial charge in [-0.3, -0.25) is 4.79 Å². The molecule has 0 N–H and O–H groups in total. The SMILES string of the molecule is C=C/C=C\C(=C/C)OC=O. The lowest BCUT2D eigenvalue weighted by molar-refractivity contribution is -0.124. The summed E-state index contributed by atoms with van der Waals surface area (Å²) in [4.78, 5) is 9.81. The van der Waals surface area contributed by atoms with Crippen molar-refractivity contribution in [2.24, 2.45) is 0 Å². The minimum Gasteiger partial charge on any atom is -0.429 e. The first-order chi connectivity index (χ1) is 4.85. The molecule has 0 fully saturated rings. The molecule has 0 rings (SSSR count). The molecule has 0 aromatic rings. The van der Waals surface area contributed by atoms with Crippen molar-refractivity contribution in [2.45, 2.75) is 6.92 Å². The minimum absolute atomic E-state index is 0.392. The summed E-state index contributed by atoms with van der Waals surface area (Å²) in [5, 5.41) is 0. The van der Waals surface area contributed by atoms with Crippen LogP contribution < -0.4 is 0 Å². The monoisotopic (exact) mass is 138 g/mol. The van der Waals surface area contributed by atoms with Crippen LogP contribution in [0.3, 0.4) is 0 Å². The summed E-state index contributed by atoms with van der Waals surface area (Å²) in [5.74, 6) is 0.523. The third-order valence-electron chi connectivity index (χ3n) is 0.865. The van der Waals surface area contributed by atoms with E-state index in [9.17, 15) is 4.79 Å². The van der Waals surface area contributed by atoms with Crippen molar-refractivity contribution in [3.8, 4) is 0 Å². The fourth-order valence-corrected chi connectivity index (χ4v) is 0.422. The molecular weight excluding hydrogens is 128 g/mol. The number of rotatable bonds is 4. The summed E-state index contributed by atoms with van der Waals surface area (Å²) in [6, 6.07) is 0. The Balaban J connectivity index is 3.95. The molecule has 54 valence electrons. The molecule has 0 saturated carbocycles. The molecule has 10 heavy (non-hydrogen) atoms. The maximum atomic E-state index is 9.81. The number of ether oxygens (including phenoxy) is 1. The van der Waals surface area contributed by atoms with Gasteiger partial charge < -0.3 is 4.74 Å². The predicted octanol–water partition coefficient (Wildman–Crippen LogP) is 1.81. The van der Waals surface area contributed by atoms with Crippen LogP contribution in [0, 0.1) is 0 Å². The molecule has 2 nitrogen and oxygen atoms in total. The largest absolute Gasteiger partial charge is 0.429 e. The van der Waals surface area contributed by atoms with Gasteiger partial charge in [-0.2, -0.15) is 0 Å². The topological polar surface area (TPSA) is 26.3 Å². The van der Waals surface area contributed by atoms with Gasteiger partial charge in [0.2, 0.25) is 0 Å². The standard InChI is InChI=1S/C8H10O2/c1-3-5-6-8(4-2)10-7-9/h3-7H,1H2,2H3/b6-5-,8-4+. The molecule has 0 atom stereocenters. The second-order valence-corrected chi connectivity index (χ2v) is 1.50. The zero-order valence-corrected chi connectivity index (χ0v) is 5.91. The van der Waals surface area contributed by atoms with Crippen molar-refractivity contribution in [3.63, 3.8) is 0 Å². The molecule has 0 heterocycles. The van der Waals surface area contributed by atoms with E-state index in [4.69, 9.17) is 0 Å². The lowest BCUT2D eigenvalue weighted by Crippen LogP contribution is -1.83. The van der Waals surface area contributed by atoms with Crippen LogP contribution in [-0.4, -0.2) is 6.47 Å². The van der Waals surface area contributed by atoms with Crippen LogP contribution in [0.2, 0.25) is 0 Å². The van der Waals surface area contributed by atoms with E-state index < -0.39 is 0 Å². The summed E-state index contributed by atoms with van der Waals surface area (Å²) in [6.45, 7) is 5.64. The Labute approximate surface area is 60.5 Å². The van der Waals surface area contributed by atoms with Crippen molar-refractivity contribution in [2.75, 3.05) is 0 Å². The average Bonchev–Trinajstić information content (AvgIpc) is 1.98. The van der Waals surface area contributed by atoms with E-state index in [2.05, 4.69) is 11.3 Å². The third kappa shape index (κ3) is 3.66. The van der Waals surface area contributed by atoms with Crippen LogP contribution >= 0.6 is 0 Å². The van der Waals surface area contributed by atoms with Gasteiger partial charge in [0.15, 0.2) is 0 Å². The van der Waals surface area contributed by atoms with Crippen molar-refractivity contribution in [1.82, 2.24) is 0 Å². The highest BCUT2D eigenvalue weighted by atomic mass is 16.5. The zero-order chi connectivity index (χ0) is 7.82. The molecule has 0 aromatic carbocycles. The molecule has 0 aliphatic heterocycles. The Hall–Kier alpha value is -1.31. The normalized spacial score (nSPS) is 11.5. The summed E-state index contributed by atoms with van der Waals surface area (Å²) in [7, 11) is 0. The van der Waals surface area contributed by atoms with Crippen molar-refractivity contribution < 1.29 is 9.53 Å². The number of carbonyl (C=O) groups is 1. The molecule has 0 unspecified atom stereocenters. The number of hydrogen-bond acceptors (Lipinski definition) is 2. The first-order valence-corrected chi connectivity index (χ1v) is 2.91. The predicted molar refractivity (Wildman–Crippen MR) is 40.2 cm³/mol. The van der Waals surface area contributed by atoms with E-state index in [0.29, 0.717) is 12.2 Å². The highest BCUT2D eigenvalue weighted by Crippen LogP contribution is 1.96. The molecule has 0 amide bonds. The lowest BCUT2D eigenvalue weighted by Gasteiger charge is -1.93. The number of allylic oxidation sites excluding steroid dienone is 4. The molecule has 0 radical (unpaired) electrons. The highest BCUT2D eigenvalue weighted by Gasteiger charge is 1.84. The molecule has 0 spiro atoms. The van der Waals surface area contributed by atoms with Crippen LogP contribution in [0.5, 0.6) is 0 Å². The first-order valence-electron chi connectivity index (χ1n) is 2.91. The maximum Gasteiger partial charge on any atom is 0.298 e. The molecule has 0 aliphatic carbocycles. The Morgan fingerprint density at radius 3 is 2.70 bits per heavy atom. The van der Waals surface area contributed by atoms with Crippen LogP contribution in [0.15, 0.2) is 36.6 Å². The van der Waals surface area contributed by atoms with Crippen molar-refractivity contribution >= 4 is 6.47 Å². The number of carbonyl (C=O) groups excluding carboxylic acids is 1. The third-order valence-corrected chi connectivity index (χ3v) is 0.865. The van der Waals surface area contributed by atoms with Crippen LogP contribution in [0.1, 0.15) is 6.92 Å². The molecule has 0 aliphatic rings. The van der Waals surface area contributed by atoms with E-state index in [1.807, 2.05) is 0 Å². The first kappa shape index (κ1) is 8.69. The van der Waals surface area contributed by atoms with Crippen molar-refractivity contribution in [3.05, 3.63) is 36.6 Å². The van der Waals surface area contributed by atoms with Crippen LogP contribution in [-0.2, 0) is 9.53 Å². The molecule has 0 saturated heterocycles. The summed E-state index contributed by atoms with van der Waals surface area (Å²) in [6.07, 6.45) is 6.65. The van der Waals surface area contributed by atoms with Gasteiger partial charge in [-0.15, -0.1) is 0 Å². The van der Waals surface area contributed by atoms with E-state index in [1.54, 1.807) is 31.2 Å². The quantitative estimate of drug-likeness (QED) is 0.336. The Bertz CT molecular complexity index is 166. The maximum absolute atomic E-state index is 9.81. The fourth-order valence-electron chi connectivity index (χ4n) is 0.422. The Morgan fingerprint density at radius 1 is 1.60 bits per heavy atom. The number of hydrogen-bond donors (Lipinski definition) is 0. The van der Waals surface area contributed by atoms with E-state index in [-0.39, 0.29) is 0 Å². The average molecular weight is 138 g/mol. The fraction of sp³-hybridized carbons (Fsp3) is 0.125. The minimum atomic E-state index is 0.392. The Morgan fingerprint density at radius 2 is 2.30 bits per heavy atom. The van der Waals surface area contributed by atoms with Gasteiger partial charge in [-0.25, -0.2) is 0 Å². The zero-order valence-electron chi connectivity index (χ0n) is 5.91. The van der Waals surface area contributed by atoms with Crippen LogP contribution in [0.4, 0.5) is 0 Å². The van der Waals surface area contributed by atoms with Crippen molar-refractivity contribution in [1.29, 1.82) is 0 Å². The van der Waals surface area contributed by atoms with E-state index >= 15 is 0 Å². The molecule has 2 heteroatoms. The molecular formula is C8H10O2. The van der Waals surface area contributed by atoms with Gasteiger partial charge in [0.1, 0.15) is 5.76 Å². The van der Waals surface area contributed by atoms with Gasteiger partial charge in [-0.05, 0) is 19.1 Å². The van der Waals surface area contributed by atoms with Gasteiger partial charge in [0.05, 0.1) is 0 Å². The summed E-state index contributed by atoms with van der Waals surface area (Å²) < 4.78 is 4.54.